The topological polar surface area (TPSA) is 45.2 Å². The summed E-state index contributed by atoms with van der Waals surface area (Å²) in [5, 5.41) is 7.80. The van der Waals surface area contributed by atoms with Crippen LogP contribution in [0.3, 0.4) is 0 Å². The van der Waals surface area contributed by atoms with Crippen molar-refractivity contribution in [2.45, 2.75) is 12.5 Å². The zero-order valence-corrected chi connectivity index (χ0v) is 10.7. The maximum Gasteiger partial charge on any atom is 0.245 e. The number of aromatic nitrogens is 3. The minimum Gasteiger partial charge on any atom is -0.352 e. The molecule has 0 radical (unpaired) electrons. The predicted octanol–water partition coefficient (Wildman–Crippen LogP) is 1.32. The summed E-state index contributed by atoms with van der Waals surface area (Å²) in [4.78, 5) is 8.41. The van der Waals surface area contributed by atoms with Gasteiger partial charge in [-0.2, -0.15) is 4.98 Å². The van der Waals surface area contributed by atoms with Crippen molar-refractivity contribution >= 4 is 29.0 Å². The van der Waals surface area contributed by atoms with Crippen LogP contribution in [-0.2, 0) is 0 Å². The first-order valence-corrected chi connectivity index (χ1v) is 5.80. The van der Waals surface area contributed by atoms with Gasteiger partial charge in [-0.15, -0.1) is 10.2 Å². The standard InChI is InChI=1S/C9H13Cl2N5/c1-15(2)6-3-4-16(5-6)8-7(10)13-14-9(11)12-8/h6H,3-5H2,1-2H3. The predicted molar refractivity (Wildman–Crippen MR) is 64.2 cm³/mol. The molecule has 7 heteroatoms. The average molecular weight is 262 g/mol. The summed E-state index contributed by atoms with van der Waals surface area (Å²) in [5.74, 6) is 0.631. The molecule has 0 bridgehead atoms. The van der Waals surface area contributed by atoms with Crippen molar-refractivity contribution in [1.82, 2.24) is 20.1 Å². The lowest BCUT2D eigenvalue weighted by Gasteiger charge is -2.21. The molecule has 0 N–H and O–H groups in total. The SMILES string of the molecule is CN(C)C1CCN(c2nc(Cl)nnc2Cl)C1. The molecular formula is C9H13Cl2N5. The van der Waals surface area contributed by atoms with E-state index in [9.17, 15) is 0 Å². The molecule has 1 fully saturated rings. The van der Waals surface area contributed by atoms with Gasteiger partial charge in [0.25, 0.3) is 0 Å². The van der Waals surface area contributed by atoms with Crippen molar-refractivity contribution in [1.29, 1.82) is 0 Å². The largest absolute Gasteiger partial charge is 0.352 e. The van der Waals surface area contributed by atoms with Crippen molar-refractivity contribution in [3.63, 3.8) is 0 Å². The Morgan fingerprint density at radius 3 is 2.69 bits per heavy atom. The van der Waals surface area contributed by atoms with Crippen molar-refractivity contribution in [2.24, 2.45) is 0 Å². The van der Waals surface area contributed by atoms with E-state index in [0.29, 0.717) is 17.0 Å². The van der Waals surface area contributed by atoms with Crippen LogP contribution >= 0.6 is 23.2 Å². The summed E-state index contributed by atoms with van der Waals surface area (Å²) in [6.07, 6.45) is 1.09. The molecule has 0 saturated carbocycles. The molecule has 0 spiro atoms. The molecule has 0 amide bonds. The molecule has 0 aliphatic carbocycles. The fourth-order valence-corrected chi connectivity index (χ4v) is 2.16. The fourth-order valence-electron chi connectivity index (χ4n) is 1.84. The van der Waals surface area contributed by atoms with E-state index in [1.807, 2.05) is 0 Å². The van der Waals surface area contributed by atoms with Gasteiger partial charge in [0.05, 0.1) is 0 Å². The van der Waals surface area contributed by atoms with E-state index in [0.717, 1.165) is 19.5 Å². The molecule has 1 aromatic rings. The molecule has 88 valence electrons. The smallest absolute Gasteiger partial charge is 0.245 e. The maximum absolute atomic E-state index is 5.95. The van der Waals surface area contributed by atoms with Crippen LogP contribution in [-0.4, -0.2) is 53.3 Å². The Kier molecular flexibility index (Phi) is 3.47. The lowest BCUT2D eigenvalue weighted by molar-refractivity contribution is 0.315. The van der Waals surface area contributed by atoms with Gasteiger partial charge in [0.2, 0.25) is 5.28 Å². The van der Waals surface area contributed by atoms with Gasteiger partial charge in [-0.3, -0.25) is 0 Å². The lowest BCUT2D eigenvalue weighted by atomic mass is 10.2. The van der Waals surface area contributed by atoms with Crippen LogP contribution in [0.2, 0.25) is 10.4 Å². The highest BCUT2D eigenvalue weighted by molar-refractivity contribution is 6.32. The van der Waals surface area contributed by atoms with E-state index >= 15 is 0 Å². The van der Waals surface area contributed by atoms with E-state index in [1.165, 1.54) is 0 Å². The summed E-state index contributed by atoms with van der Waals surface area (Å²) < 4.78 is 0. The van der Waals surface area contributed by atoms with Gasteiger partial charge in [-0.05, 0) is 32.1 Å². The van der Waals surface area contributed by atoms with Gasteiger partial charge >= 0.3 is 0 Å². The van der Waals surface area contributed by atoms with Gasteiger partial charge in [0, 0.05) is 19.1 Å². The molecule has 1 aromatic heterocycles. The minimum absolute atomic E-state index is 0.132. The third kappa shape index (κ3) is 2.36. The normalized spacial score (nSPS) is 20.8. The van der Waals surface area contributed by atoms with Crippen LogP contribution < -0.4 is 4.90 Å². The molecule has 1 aliphatic rings. The van der Waals surface area contributed by atoms with E-state index in [2.05, 4.69) is 39.1 Å². The fraction of sp³-hybridized carbons (Fsp3) is 0.667. The van der Waals surface area contributed by atoms with Crippen LogP contribution in [0.1, 0.15) is 6.42 Å². The number of hydrogen-bond donors (Lipinski definition) is 0. The number of likely N-dealkylation sites (N-methyl/N-ethyl adjacent to an activating group) is 1. The first-order valence-electron chi connectivity index (χ1n) is 5.05. The third-order valence-corrected chi connectivity index (χ3v) is 3.20. The van der Waals surface area contributed by atoms with Crippen molar-refractivity contribution in [3.8, 4) is 0 Å². The Labute approximate surface area is 104 Å². The highest BCUT2D eigenvalue weighted by Crippen LogP contribution is 2.26. The van der Waals surface area contributed by atoms with E-state index in [-0.39, 0.29) is 5.28 Å². The zero-order valence-electron chi connectivity index (χ0n) is 9.19. The summed E-state index contributed by atoms with van der Waals surface area (Å²) in [6.45, 7) is 1.80. The second kappa shape index (κ2) is 4.69. The van der Waals surface area contributed by atoms with Gasteiger partial charge < -0.3 is 9.80 Å². The Morgan fingerprint density at radius 1 is 1.31 bits per heavy atom. The molecule has 1 aliphatic heterocycles. The first kappa shape index (κ1) is 11.8. The van der Waals surface area contributed by atoms with E-state index in [4.69, 9.17) is 23.2 Å². The number of anilines is 1. The molecule has 1 unspecified atom stereocenters. The van der Waals surface area contributed by atoms with Gasteiger partial charge in [0.1, 0.15) is 0 Å². The van der Waals surface area contributed by atoms with Crippen molar-refractivity contribution in [2.75, 3.05) is 32.1 Å². The van der Waals surface area contributed by atoms with Gasteiger partial charge in [0.15, 0.2) is 11.0 Å². The Bertz CT molecular complexity index is 384. The number of halogens is 2. The number of nitrogens with zero attached hydrogens (tertiary/aromatic N) is 5. The summed E-state index contributed by atoms with van der Waals surface area (Å²) >= 11 is 11.7. The highest BCUT2D eigenvalue weighted by atomic mass is 35.5. The molecule has 2 rings (SSSR count). The Morgan fingerprint density at radius 2 is 2.06 bits per heavy atom. The minimum atomic E-state index is 0.132. The molecule has 1 atom stereocenters. The number of rotatable bonds is 2. The quantitative estimate of drug-likeness (QED) is 0.804. The van der Waals surface area contributed by atoms with Crippen LogP contribution in [0, 0.1) is 0 Å². The Hall–Kier alpha value is -0.650. The van der Waals surface area contributed by atoms with Crippen LogP contribution in [0.25, 0.3) is 0 Å². The molecule has 16 heavy (non-hydrogen) atoms. The molecule has 1 saturated heterocycles. The highest BCUT2D eigenvalue weighted by Gasteiger charge is 2.27. The van der Waals surface area contributed by atoms with Crippen molar-refractivity contribution < 1.29 is 0 Å². The third-order valence-electron chi connectivity index (χ3n) is 2.80. The molecule has 0 aromatic carbocycles. The number of hydrogen-bond acceptors (Lipinski definition) is 5. The first-order chi connectivity index (χ1) is 7.58. The average Bonchev–Trinajstić information content (AvgIpc) is 2.70. The van der Waals surface area contributed by atoms with Crippen molar-refractivity contribution in [3.05, 3.63) is 10.4 Å². The van der Waals surface area contributed by atoms with E-state index in [1.54, 1.807) is 0 Å². The maximum atomic E-state index is 5.95. The summed E-state index contributed by atoms with van der Waals surface area (Å²) in [7, 11) is 4.14. The molecular weight excluding hydrogens is 249 g/mol. The van der Waals surface area contributed by atoms with Gasteiger partial charge in [-0.1, -0.05) is 11.6 Å². The summed E-state index contributed by atoms with van der Waals surface area (Å²) in [6, 6.07) is 0.518. The molecule has 2 heterocycles. The van der Waals surface area contributed by atoms with E-state index < -0.39 is 0 Å². The Balaban J connectivity index is 2.17. The second-order valence-corrected chi connectivity index (χ2v) is 4.74. The van der Waals surface area contributed by atoms with Gasteiger partial charge in [-0.25, -0.2) is 0 Å². The zero-order chi connectivity index (χ0) is 11.7. The summed E-state index contributed by atoms with van der Waals surface area (Å²) in [5.41, 5.74) is 0. The monoisotopic (exact) mass is 261 g/mol. The van der Waals surface area contributed by atoms with Crippen LogP contribution in [0.5, 0.6) is 0 Å². The second-order valence-electron chi connectivity index (χ2n) is 4.05. The van der Waals surface area contributed by atoms with Crippen LogP contribution in [0.15, 0.2) is 0 Å². The van der Waals surface area contributed by atoms with Crippen LogP contribution in [0.4, 0.5) is 5.82 Å². The lowest BCUT2D eigenvalue weighted by Crippen LogP contribution is -2.32. The molecule has 5 nitrogen and oxygen atoms in total.